The Kier molecular flexibility index (Phi) is 5.22. The van der Waals surface area contributed by atoms with Gasteiger partial charge in [0.05, 0.1) is 0 Å². The molecule has 2 rings (SSSR count). The summed E-state index contributed by atoms with van der Waals surface area (Å²) in [6.07, 6.45) is 2.40. The fourth-order valence-corrected chi connectivity index (χ4v) is 2.27. The standard InChI is InChI=1S/C15H18ClN3O2/c1-2-8-18-9-6-14(20)19(15(18)21)10-7-17-13-5-3-4-12(16)11-13/h3-6,9,11,17H,2,7-8,10H2,1H3. The van der Waals surface area contributed by atoms with Gasteiger partial charge in [-0.25, -0.2) is 4.79 Å². The monoisotopic (exact) mass is 307 g/mol. The van der Waals surface area contributed by atoms with Gasteiger partial charge in [0, 0.05) is 42.6 Å². The predicted octanol–water partition coefficient (Wildman–Crippen LogP) is 2.19. The Morgan fingerprint density at radius 3 is 2.71 bits per heavy atom. The third-order valence-electron chi connectivity index (χ3n) is 3.09. The molecule has 0 saturated heterocycles. The fraction of sp³-hybridized carbons (Fsp3) is 0.333. The van der Waals surface area contributed by atoms with Crippen molar-refractivity contribution in [2.24, 2.45) is 0 Å². The molecule has 1 N–H and O–H groups in total. The Morgan fingerprint density at radius 2 is 2.00 bits per heavy atom. The summed E-state index contributed by atoms with van der Waals surface area (Å²) < 4.78 is 2.80. The van der Waals surface area contributed by atoms with Crippen LogP contribution in [0.3, 0.4) is 0 Å². The molecule has 0 saturated carbocycles. The van der Waals surface area contributed by atoms with E-state index in [1.165, 1.54) is 10.6 Å². The Bertz CT molecular complexity index is 721. The van der Waals surface area contributed by atoms with Crippen molar-refractivity contribution in [2.45, 2.75) is 26.4 Å². The average molecular weight is 308 g/mol. The molecule has 0 aliphatic carbocycles. The lowest BCUT2D eigenvalue weighted by molar-refractivity contribution is 0.555. The first-order valence-electron chi connectivity index (χ1n) is 6.91. The highest BCUT2D eigenvalue weighted by molar-refractivity contribution is 6.30. The summed E-state index contributed by atoms with van der Waals surface area (Å²) in [5.74, 6) is 0. The molecule has 0 unspecified atom stereocenters. The van der Waals surface area contributed by atoms with Gasteiger partial charge in [0.2, 0.25) is 0 Å². The van der Waals surface area contributed by atoms with E-state index in [-0.39, 0.29) is 11.2 Å². The van der Waals surface area contributed by atoms with Gasteiger partial charge in [-0.1, -0.05) is 24.6 Å². The molecular formula is C15H18ClN3O2. The smallest absolute Gasteiger partial charge is 0.331 e. The number of nitrogens with zero attached hydrogens (tertiary/aromatic N) is 2. The van der Waals surface area contributed by atoms with Gasteiger partial charge in [-0.2, -0.15) is 0 Å². The molecule has 0 aliphatic rings. The SMILES string of the molecule is CCCn1ccc(=O)n(CCNc2cccc(Cl)c2)c1=O. The van der Waals surface area contributed by atoms with Crippen LogP contribution in [-0.4, -0.2) is 15.7 Å². The number of hydrogen-bond acceptors (Lipinski definition) is 3. The van der Waals surface area contributed by atoms with E-state index in [4.69, 9.17) is 11.6 Å². The van der Waals surface area contributed by atoms with E-state index >= 15 is 0 Å². The predicted molar refractivity (Wildman–Crippen MR) is 85.2 cm³/mol. The zero-order chi connectivity index (χ0) is 15.2. The van der Waals surface area contributed by atoms with Crippen molar-refractivity contribution in [1.29, 1.82) is 0 Å². The van der Waals surface area contributed by atoms with Crippen LogP contribution in [0.2, 0.25) is 5.02 Å². The zero-order valence-corrected chi connectivity index (χ0v) is 12.6. The number of benzene rings is 1. The zero-order valence-electron chi connectivity index (χ0n) is 11.9. The molecule has 0 fully saturated rings. The maximum atomic E-state index is 12.2. The Balaban J connectivity index is 2.08. The van der Waals surface area contributed by atoms with Crippen LogP contribution < -0.4 is 16.6 Å². The minimum Gasteiger partial charge on any atom is -0.383 e. The van der Waals surface area contributed by atoms with Crippen molar-refractivity contribution >= 4 is 17.3 Å². The molecule has 0 bridgehead atoms. The third-order valence-corrected chi connectivity index (χ3v) is 3.33. The van der Waals surface area contributed by atoms with Crippen molar-refractivity contribution in [1.82, 2.24) is 9.13 Å². The summed E-state index contributed by atoms with van der Waals surface area (Å²) in [6, 6.07) is 8.74. The van der Waals surface area contributed by atoms with E-state index in [9.17, 15) is 9.59 Å². The topological polar surface area (TPSA) is 56.0 Å². The first kappa shape index (κ1) is 15.4. The van der Waals surface area contributed by atoms with Gasteiger partial charge in [0.15, 0.2) is 0 Å². The third kappa shape index (κ3) is 3.98. The largest absolute Gasteiger partial charge is 0.383 e. The highest BCUT2D eigenvalue weighted by Gasteiger charge is 2.04. The molecule has 1 aromatic carbocycles. The first-order valence-corrected chi connectivity index (χ1v) is 7.29. The number of anilines is 1. The Morgan fingerprint density at radius 1 is 1.19 bits per heavy atom. The quantitative estimate of drug-likeness (QED) is 0.890. The van der Waals surface area contributed by atoms with Gasteiger partial charge in [0.1, 0.15) is 0 Å². The van der Waals surface area contributed by atoms with Crippen molar-refractivity contribution in [3.8, 4) is 0 Å². The maximum Gasteiger partial charge on any atom is 0.331 e. The number of aryl methyl sites for hydroxylation is 1. The molecule has 6 heteroatoms. The highest BCUT2D eigenvalue weighted by Crippen LogP contribution is 2.14. The molecular weight excluding hydrogens is 290 g/mol. The van der Waals surface area contributed by atoms with Crippen LogP contribution in [-0.2, 0) is 13.1 Å². The second-order valence-corrected chi connectivity index (χ2v) is 5.16. The van der Waals surface area contributed by atoms with E-state index in [0.29, 0.717) is 24.7 Å². The van der Waals surface area contributed by atoms with Crippen molar-refractivity contribution in [2.75, 3.05) is 11.9 Å². The van der Waals surface area contributed by atoms with E-state index in [1.54, 1.807) is 22.9 Å². The van der Waals surface area contributed by atoms with Crippen LogP contribution in [0.4, 0.5) is 5.69 Å². The van der Waals surface area contributed by atoms with Crippen LogP contribution in [0.25, 0.3) is 0 Å². The number of rotatable bonds is 6. The number of nitrogens with one attached hydrogen (secondary N) is 1. The second kappa shape index (κ2) is 7.13. The molecule has 2 aromatic rings. The summed E-state index contributed by atoms with van der Waals surface area (Å²) in [5, 5.41) is 3.79. The van der Waals surface area contributed by atoms with E-state index in [2.05, 4.69) is 5.32 Å². The fourth-order valence-electron chi connectivity index (χ4n) is 2.08. The lowest BCUT2D eigenvalue weighted by Crippen LogP contribution is -2.40. The van der Waals surface area contributed by atoms with E-state index < -0.39 is 0 Å². The summed E-state index contributed by atoms with van der Waals surface area (Å²) >= 11 is 5.90. The van der Waals surface area contributed by atoms with E-state index in [1.807, 2.05) is 19.1 Å². The lowest BCUT2D eigenvalue weighted by Gasteiger charge is -2.10. The number of hydrogen-bond donors (Lipinski definition) is 1. The molecule has 1 heterocycles. The minimum absolute atomic E-state index is 0.266. The van der Waals surface area contributed by atoms with Gasteiger partial charge in [0.25, 0.3) is 5.56 Å². The van der Waals surface area contributed by atoms with Crippen LogP contribution in [0.1, 0.15) is 13.3 Å². The molecule has 0 amide bonds. The molecule has 0 spiro atoms. The first-order chi connectivity index (χ1) is 10.1. The molecule has 1 aromatic heterocycles. The minimum atomic E-state index is -0.278. The second-order valence-electron chi connectivity index (χ2n) is 4.72. The summed E-state index contributed by atoms with van der Waals surface area (Å²) in [5.41, 5.74) is 0.317. The molecule has 5 nitrogen and oxygen atoms in total. The van der Waals surface area contributed by atoms with Crippen LogP contribution in [0.5, 0.6) is 0 Å². The van der Waals surface area contributed by atoms with E-state index in [0.717, 1.165) is 12.1 Å². The van der Waals surface area contributed by atoms with Gasteiger partial charge in [-0.15, -0.1) is 0 Å². The Labute approximate surface area is 127 Å². The molecule has 0 atom stereocenters. The lowest BCUT2D eigenvalue weighted by atomic mass is 10.3. The summed E-state index contributed by atoms with van der Waals surface area (Å²) in [7, 11) is 0. The number of halogens is 1. The van der Waals surface area contributed by atoms with Crippen LogP contribution in [0.15, 0.2) is 46.1 Å². The summed E-state index contributed by atoms with van der Waals surface area (Å²) in [4.78, 5) is 23.9. The van der Waals surface area contributed by atoms with Gasteiger partial charge >= 0.3 is 5.69 Å². The number of aromatic nitrogens is 2. The van der Waals surface area contributed by atoms with Crippen LogP contribution >= 0.6 is 11.6 Å². The molecule has 21 heavy (non-hydrogen) atoms. The Hall–Kier alpha value is -2.01. The molecule has 0 radical (unpaired) electrons. The van der Waals surface area contributed by atoms with Crippen molar-refractivity contribution in [3.05, 3.63) is 62.4 Å². The van der Waals surface area contributed by atoms with Gasteiger partial charge in [-0.05, 0) is 24.6 Å². The molecule has 0 aliphatic heterocycles. The van der Waals surface area contributed by atoms with Gasteiger partial charge < -0.3 is 9.88 Å². The van der Waals surface area contributed by atoms with Crippen LogP contribution in [0, 0.1) is 0 Å². The normalized spacial score (nSPS) is 10.6. The molecule has 112 valence electrons. The maximum absolute atomic E-state index is 12.2. The van der Waals surface area contributed by atoms with Crippen molar-refractivity contribution < 1.29 is 0 Å². The summed E-state index contributed by atoms with van der Waals surface area (Å²) in [6.45, 7) is 3.39. The highest BCUT2D eigenvalue weighted by atomic mass is 35.5. The average Bonchev–Trinajstić information content (AvgIpc) is 2.46. The van der Waals surface area contributed by atoms with Gasteiger partial charge in [-0.3, -0.25) is 9.36 Å². The van der Waals surface area contributed by atoms with Crippen molar-refractivity contribution in [3.63, 3.8) is 0 Å².